The van der Waals surface area contributed by atoms with Crippen molar-refractivity contribution < 1.29 is 29.6 Å². The Hall–Kier alpha value is -1.08. The second kappa shape index (κ2) is 5.09. The van der Waals surface area contributed by atoms with Crippen LogP contribution in [0.1, 0.15) is 52.4 Å². The Morgan fingerprint density at radius 1 is 1.30 bits per heavy atom. The second-order valence-corrected chi connectivity index (χ2v) is 9.84. The molecule has 6 nitrogen and oxygen atoms in total. The maximum Gasteiger partial charge on any atom is 0.192 e. The van der Waals surface area contributed by atoms with E-state index in [0.717, 1.165) is 19.3 Å². The van der Waals surface area contributed by atoms with Gasteiger partial charge in [0, 0.05) is 17.3 Å². The Labute approximate surface area is 158 Å². The highest BCUT2D eigenvalue weighted by Crippen LogP contribution is 2.76. The summed E-state index contributed by atoms with van der Waals surface area (Å²) in [4.78, 5) is 24.4. The van der Waals surface area contributed by atoms with Gasteiger partial charge in [0.05, 0.1) is 12.2 Å². The molecular weight excluding hydrogens is 348 g/mol. The lowest BCUT2D eigenvalue weighted by atomic mass is 9.46. The summed E-state index contributed by atoms with van der Waals surface area (Å²) < 4.78 is 6.40. The largest absolute Gasteiger partial charge is 0.390 e. The van der Waals surface area contributed by atoms with Crippen molar-refractivity contribution in [2.45, 2.75) is 75.8 Å². The molecular formula is C21H28O6. The molecule has 1 saturated heterocycles. The minimum Gasteiger partial charge on any atom is -0.390 e. The maximum atomic E-state index is 12.5. The zero-order valence-electron chi connectivity index (χ0n) is 15.9. The van der Waals surface area contributed by atoms with E-state index in [4.69, 9.17) is 4.74 Å². The van der Waals surface area contributed by atoms with Gasteiger partial charge in [-0.25, -0.2) is 0 Å². The molecule has 4 fully saturated rings. The van der Waals surface area contributed by atoms with Gasteiger partial charge in [0.25, 0.3) is 0 Å². The first-order chi connectivity index (χ1) is 12.6. The SMILES string of the molecule is C[C@]12CCC(=O)C=C1CC[C@@H]1[C@@H]3C[C@@H](O)[C@](O)(C(=O)CO)[C@]3(C)C[C@H]3O[C@@]132. The average Bonchev–Trinajstić information content (AvgIpc) is 3.31. The predicted molar refractivity (Wildman–Crippen MR) is 94.6 cm³/mol. The van der Waals surface area contributed by atoms with Gasteiger partial charge in [-0.05, 0) is 50.0 Å². The molecule has 0 bridgehead atoms. The normalized spacial score (nSPS) is 55.7. The first-order valence-corrected chi connectivity index (χ1v) is 10.1. The number of carbonyl (C=O) groups excluding carboxylic acids is 2. The summed E-state index contributed by atoms with van der Waals surface area (Å²) in [6.45, 7) is 3.31. The molecule has 5 aliphatic rings. The van der Waals surface area contributed by atoms with Crippen LogP contribution in [-0.2, 0) is 14.3 Å². The predicted octanol–water partition coefficient (Wildman–Crippen LogP) is 0.913. The van der Waals surface area contributed by atoms with E-state index >= 15 is 0 Å². The Morgan fingerprint density at radius 2 is 2.04 bits per heavy atom. The fourth-order valence-electron chi connectivity index (χ4n) is 7.65. The number of Topliss-reactive ketones (excluding diaryl/α,β-unsaturated/α-hetero) is 1. The first kappa shape index (κ1) is 18.0. The summed E-state index contributed by atoms with van der Waals surface area (Å²) in [5, 5.41) is 31.4. The van der Waals surface area contributed by atoms with Crippen molar-refractivity contribution in [2.75, 3.05) is 6.61 Å². The second-order valence-electron chi connectivity index (χ2n) is 9.84. The minimum absolute atomic E-state index is 0.0530. The number of ether oxygens (including phenoxy) is 1. The van der Waals surface area contributed by atoms with E-state index in [0.29, 0.717) is 19.3 Å². The van der Waals surface area contributed by atoms with Crippen LogP contribution in [0.5, 0.6) is 0 Å². The highest BCUT2D eigenvalue weighted by Gasteiger charge is 2.82. The van der Waals surface area contributed by atoms with E-state index < -0.39 is 29.5 Å². The van der Waals surface area contributed by atoms with Crippen LogP contribution in [0.3, 0.4) is 0 Å². The molecule has 0 radical (unpaired) electrons. The van der Waals surface area contributed by atoms with Gasteiger partial charge in [-0.15, -0.1) is 0 Å². The molecule has 27 heavy (non-hydrogen) atoms. The number of ketones is 2. The summed E-state index contributed by atoms with van der Waals surface area (Å²) in [5.74, 6) is -0.428. The molecule has 0 aromatic rings. The van der Waals surface area contributed by atoms with E-state index in [9.17, 15) is 24.9 Å². The van der Waals surface area contributed by atoms with E-state index in [1.54, 1.807) is 0 Å². The van der Waals surface area contributed by atoms with Crippen LogP contribution in [0, 0.1) is 22.7 Å². The van der Waals surface area contributed by atoms with Crippen molar-refractivity contribution in [1.29, 1.82) is 0 Å². The molecule has 1 aliphatic heterocycles. The van der Waals surface area contributed by atoms with Crippen molar-refractivity contribution in [2.24, 2.45) is 22.7 Å². The van der Waals surface area contributed by atoms with Crippen molar-refractivity contribution >= 4 is 11.6 Å². The Kier molecular flexibility index (Phi) is 3.39. The number of fused-ring (bicyclic) bond motifs is 3. The first-order valence-electron chi connectivity index (χ1n) is 10.1. The van der Waals surface area contributed by atoms with Gasteiger partial charge in [-0.3, -0.25) is 9.59 Å². The van der Waals surface area contributed by atoms with Gasteiger partial charge in [-0.2, -0.15) is 0 Å². The van der Waals surface area contributed by atoms with E-state index in [-0.39, 0.29) is 34.7 Å². The van der Waals surface area contributed by atoms with Crippen LogP contribution >= 0.6 is 0 Å². The third kappa shape index (κ3) is 1.77. The Balaban J connectivity index is 1.59. The average molecular weight is 376 g/mol. The molecule has 6 heteroatoms. The molecule has 5 rings (SSSR count). The van der Waals surface area contributed by atoms with Crippen molar-refractivity contribution in [3.05, 3.63) is 11.6 Å². The fraction of sp³-hybridized carbons (Fsp3) is 0.810. The quantitative estimate of drug-likeness (QED) is 0.619. The number of hydrogen-bond donors (Lipinski definition) is 3. The zero-order valence-corrected chi connectivity index (χ0v) is 15.9. The van der Waals surface area contributed by atoms with Crippen LogP contribution in [0.15, 0.2) is 11.6 Å². The Morgan fingerprint density at radius 3 is 2.74 bits per heavy atom. The van der Waals surface area contributed by atoms with Crippen LogP contribution in [0.2, 0.25) is 0 Å². The molecule has 3 N–H and O–H groups in total. The molecule has 0 unspecified atom stereocenters. The van der Waals surface area contributed by atoms with Gasteiger partial charge in [0.2, 0.25) is 0 Å². The lowest BCUT2D eigenvalue weighted by Crippen LogP contribution is -2.63. The molecule has 148 valence electrons. The number of hydrogen-bond acceptors (Lipinski definition) is 6. The highest BCUT2D eigenvalue weighted by molar-refractivity contribution is 5.92. The molecule has 0 aromatic heterocycles. The number of aliphatic hydroxyl groups is 3. The summed E-state index contributed by atoms with van der Waals surface area (Å²) in [5.41, 5.74) is -2.10. The molecule has 3 saturated carbocycles. The third-order valence-corrected chi connectivity index (χ3v) is 9.12. The van der Waals surface area contributed by atoms with Crippen LogP contribution in [-0.4, -0.2) is 56.9 Å². The molecule has 8 atom stereocenters. The lowest BCUT2D eigenvalue weighted by Gasteiger charge is -2.56. The van der Waals surface area contributed by atoms with E-state index in [2.05, 4.69) is 6.92 Å². The summed E-state index contributed by atoms with van der Waals surface area (Å²) in [7, 11) is 0. The van der Waals surface area contributed by atoms with Gasteiger partial charge >= 0.3 is 0 Å². The number of rotatable bonds is 2. The van der Waals surface area contributed by atoms with Gasteiger partial charge in [-0.1, -0.05) is 19.4 Å². The topological polar surface area (TPSA) is 107 Å². The standard InChI is InChI=1S/C21H28O6/c1-18-6-5-12(23)7-11(18)3-4-13-14-8-15(24)20(26,16(25)10-22)19(14,2)9-17-21(13,18)27-17/h7,13-15,17,22,24,26H,3-6,8-10H2,1-2H3/t13-,14+,15-,17-,18+,19-,20+,21+/m1/s1. The molecule has 4 aliphatic carbocycles. The third-order valence-electron chi connectivity index (χ3n) is 9.12. The smallest absolute Gasteiger partial charge is 0.192 e. The van der Waals surface area contributed by atoms with Gasteiger partial charge in [0.15, 0.2) is 17.2 Å². The van der Waals surface area contributed by atoms with Crippen LogP contribution in [0.25, 0.3) is 0 Å². The molecule has 0 amide bonds. The summed E-state index contributed by atoms with van der Waals surface area (Å²) in [6.07, 6.45) is 4.35. The summed E-state index contributed by atoms with van der Waals surface area (Å²) >= 11 is 0. The van der Waals surface area contributed by atoms with Crippen molar-refractivity contribution in [1.82, 2.24) is 0 Å². The molecule has 1 spiro atoms. The van der Waals surface area contributed by atoms with E-state index in [1.807, 2.05) is 13.0 Å². The maximum absolute atomic E-state index is 12.5. The van der Waals surface area contributed by atoms with Crippen LogP contribution in [0.4, 0.5) is 0 Å². The highest BCUT2D eigenvalue weighted by atomic mass is 16.6. The minimum atomic E-state index is -1.93. The number of carbonyl (C=O) groups is 2. The molecule has 1 heterocycles. The van der Waals surface area contributed by atoms with Gasteiger partial charge < -0.3 is 20.1 Å². The van der Waals surface area contributed by atoms with Gasteiger partial charge in [0.1, 0.15) is 12.2 Å². The van der Waals surface area contributed by atoms with Crippen molar-refractivity contribution in [3.63, 3.8) is 0 Å². The monoisotopic (exact) mass is 376 g/mol. The molecule has 0 aromatic carbocycles. The number of epoxide rings is 1. The lowest BCUT2D eigenvalue weighted by molar-refractivity contribution is -0.174. The number of aliphatic hydroxyl groups excluding tert-OH is 2. The van der Waals surface area contributed by atoms with Crippen LogP contribution < -0.4 is 0 Å². The van der Waals surface area contributed by atoms with Crippen molar-refractivity contribution in [3.8, 4) is 0 Å². The summed E-state index contributed by atoms with van der Waals surface area (Å²) in [6, 6.07) is 0. The Bertz CT molecular complexity index is 775. The fourth-order valence-corrected chi connectivity index (χ4v) is 7.65. The zero-order chi connectivity index (χ0) is 19.4. The van der Waals surface area contributed by atoms with E-state index in [1.165, 1.54) is 5.57 Å².